The summed E-state index contributed by atoms with van der Waals surface area (Å²) in [7, 11) is 3.10. The molecule has 0 unspecified atom stereocenters. The number of nitrogens with zero attached hydrogens (tertiary/aromatic N) is 3. The van der Waals surface area contributed by atoms with Crippen molar-refractivity contribution in [3.63, 3.8) is 0 Å². The number of amidine groups is 1. The molecule has 29 heavy (non-hydrogen) atoms. The molecule has 1 saturated heterocycles. The van der Waals surface area contributed by atoms with Crippen molar-refractivity contribution in [2.45, 2.75) is 11.7 Å². The minimum atomic E-state index is -1.04. The lowest BCUT2D eigenvalue weighted by atomic mass is 10.2. The Balaban J connectivity index is 1.90. The Morgan fingerprint density at radius 3 is 2.62 bits per heavy atom. The van der Waals surface area contributed by atoms with E-state index in [2.05, 4.69) is 10.2 Å². The van der Waals surface area contributed by atoms with Crippen LogP contribution in [-0.2, 0) is 9.59 Å². The Morgan fingerprint density at radius 1 is 1.21 bits per heavy atom. The monoisotopic (exact) mass is 413 g/mol. The lowest BCUT2D eigenvalue weighted by Gasteiger charge is -2.15. The van der Waals surface area contributed by atoms with Crippen LogP contribution in [0.3, 0.4) is 0 Å². The number of carboxylic acids is 1. The van der Waals surface area contributed by atoms with Crippen LogP contribution in [0, 0.1) is 0 Å². The maximum atomic E-state index is 12.7. The number of carbonyl (C=O) groups excluding carboxylic acids is 1. The highest BCUT2D eigenvalue weighted by Crippen LogP contribution is 2.33. The average molecular weight is 413 g/mol. The SMILES string of the molecule is COc1ccc(/C=N\N=C2\S[C@@H](CC(=O)O)C(=O)N2c2ccccc2)c(OC)c1. The molecule has 0 radical (unpaired) electrons. The van der Waals surface area contributed by atoms with E-state index in [1.54, 1.807) is 49.6 Å². The molecule has 1 N–H and O–H groups in total. The van der Waals surface area contributed by atoms with Gasteiger partial charge in [0.2, 0.25) is 5.91 Å². The van der Waals surface area contributed by atoms with Crippen LogP contribution in [0.5, 0.6) is 11.5 Å². The molecule has 0 spiro atoms. The van der Waals surface area contributed by atoms with Gasteiger partial charge in [0, 0.05) is 11.6 Å². The van der Waals surface area contributed by atoms with Crippen LogP contribution in [0.15, 0.2) is 58.7 Å². The Bertz CT molecular complexity index is 962. The lowest BCUT2D eigenvalue weighted by molar-refractivity contribution is -0.138. The highest BCUT2D eigenvalue weighted by atomic mass is 32.2. The van der Waals surface area contributed by atoms with Crippen molar-refractivity contribution in [1.82, 2.24) is 0 Å². The van der Waals surface area contributed by atoms with E-state index in [-0.39, 0.29) is 12.3 Å². The molecule has 9 heteroatoms. The molecule has 8 nitrogen and oxygen atoms in total. The maximum absolute atomic E-state index is 12.7. The molecule has 1 atom stereocenters. The number of methoxy groups -OCH3 is 2. The first kappa shape index (κ1) is 20.4. The second-order valence-electron chi connectivity index (χ2n) is 5.95. The quantitative estimate of drug-likeness (QED) is 0.553. The average Bonchev–Trinajstić information content (AvgIpc) is 3.03. The Kier molecular flexibility index (Phi) is 6.50. The molecule has 0 bridgehead atoms. The minimum absolute atomic E-state index is 0.290. The fourth-order valence-corrected chi connectivity index (χ4v) is 3.79. The molecule has 0 aliphatic carbocycles. The normalized spacial score (nSPS) is 17.9. The van der Waals surface area contributed by atoms with Gasteiger partial charge in [-0.2, -0.15) is 5.10 Å². The number of amides is 1. The Morgan fingerprint density at radius 2 is 1.97 bits per heavy atom. The van der Waals surface area contributed by atoms with Gasteiger partial charge in [-0.1, -0.05) is 30.0 Å². The first-order valence-corrected chi connectivity index (χ1v) is 9.52. The van der Waals surface area contributed by atoms with Crippen LogP contribution >= 0.6 is 11.8 Å². The fraction of sp³-hybridized carbons (Fsp3) is 0.200. The largest absolute Gasteiger partial charge is 0.497 e. The van der Waals surface area contributed by atoms with E-state index in [9.17, 15) is 9.59 Å². The second kappa shape index (κ2) is 9.24. The highest BCUT2D eigenvalue weighted by Gasteiger charge is 2.40. The number of hydrogen-bond donors (Lipinski definition) is 1. The summed E-state index contributed by atoms with van der Waals surface area (Å²) in [5.74, 6) is -0.169. The lowest BCUT2D eigenvalue weighted by Crippen LogP contribution is -2.32. The molecule has 150 valence electrons. The van der Waals surface area contributed by atoms with Crippen LogP contribution in [0.25, 0.3) is 0 Å². The van der Waals surface area contributed by atoms with Crippen molar-refractivity contribution < 1.29 is 24.2 Å². The number of benzene rings is 2. The van der Waals surface area contributed by atoms with Gasteiger partial charge < -0.3 is 14.6 Å². The number of aliphatic carboxylic acids is 1. The Hall–Kier alpha value is -3.33. The first-order chi connectivity index (χ1) is 14.0. The first-order valence-electron chi connectivity index (χ1n) is 8.64. The minimum Gasteiger partial charge on any atom is -0.497 e. The predicted molar refractivity (Wildman–Crippen MR) is 112 cm³/mol. The van der Waals surface area contributed by atoms with Gasteiger partial charge in [0.05, 0.1) is 32.5 Å². The van der Waals surface area contributed by atoms with E-state index < -0.39 is 11.2 Å². The summed E-state index contributed by atoms with van der Waals surface area (Å²) in [5.41, 5.74) is 1.29. The van der Waals surface area contributed by atoms with E-state index in [1.807, 2.05) is 6.07 Å². The van der Waals surface area contributed by atoms with Crippen LogP contribution in [0.4, 0.5) is 5.69 Å². The summed E-state index contributed by atoms with van der Waals surface area (Å²) in [6.07, 6.45) is 1.21. The molecular weight excluding hydrogens is 394 g/mol. The molecular formula is C20H19N3O5S. The molecule has 2 aromatic rings. The van der Waals surface area contributed by atoms with Gasteiger partial charge in [0.15, 0.2) is 5.17 Å². The molecule has 1 aliphatic rings. The molecule has 3 rings (SSSR count). The van der Waals surface area contributed by atoms with Crippen molar-refractivity contribution >= 4 is 40.7 Å². The smallest absolute Gasteiger partial charge is 0.305 e. The summed E-state index contributed by atoms with van der Waals surface area (Å²) >= 11 is 1.08. The van der Waals surface area contributed by atoms with Crippen LogP contribution in [0.1, 0.15) is 12.0 Å². The zero-order chi connectivity index (χ0) is 20.8. The maximum Gasteiger partial charge on any atom is 0.305 e. The van der Waals surface area contributed by atoms with Gasteiger partial charge in [-0.15, -0.1) is 5.10 Å². The molecule has 1 fully saturated rings. The van der Waals surface area contributed by atoms with E-state index >= 15 is 0 Å². The van der Waals surface area contributed by atoms with Gasteiger partial charge in [-0.3, -0.25) is 14.5 Å². The number of rotatable bonds is 7. The summed E-state index contributed by atoms with van der Waals surface area (Å²) in [4.78, 5) is 25.2. The van der Waals surface area contributed by atoms with Crippen molar-refractivity contribution in [1.29, 1.82) is 0 Å². The van der Waals surface area contributed by atoms with E-state index in [0.29, 0.717) is 27.9 Å². The van der Waals surface area contributed by atoms with Gasteiger partial charge in [-0.25, -0.2) is 0 Å². The van der Waals surface area contributed by atoms with Crippen LogP contribution in [0.2, 0.25) is 0 Å². The topological polar surface area (TPSA) is 101 Å². The van der Waals surface area contributed by atoms with Crippen molar-refractivity contribution in [3.05, 3.63) is 54.1 Å². The number of carbonyl (C=O) groups is 2. The third-order valence-electron chi connectivity index (χ3n) is 4.09. The van der Waals surface area contributed by atoms with Gasteiger partial charge in [0.25, 0.3) is 0 Å². The number of carboxylic acid groups (broad SMARTS) is 1. The van der Waals surface area contributed by atoms with Crippen molar-refractivity contribution in [2.24, 2.45) is 10.2 Å². The van der Waals surface area contributed by atoms with Crippen molar-refractivity contribution in [2.75, 3.05) is 19.1 Å². The van der Waals surface area contributed by atoms with Gasteiger partial charge in [-0.05, 0) is 24.3 Å². The molecule has 1 aliphatic heterocycles. The third kappa shape index (κ3) is 4.75. The number of anilines is 1. The fourth-order valence-electron chi connectivity index (χ4n) is 2.70. The van der Waals surface area contributed by atoms with E-state index in [1.165, 1.54) is 18.2 Å². The molecule has 0 aromatic heterocycles. The Labute approximate surface area is 171 Å². The van der Waals surface area contributed by atoms with Crippen LogP contribution in [-0.4, -0.2) is 47.8 Å². The summed E-state index contributed by atoms with van der Waals surface area (Å²) in [6.45, 7) is 0. The zero-order valence-corrected chi connectivity index (χ0v) is 16.6. The number of thioether (sulfide) groups is 1. The second-order valence-corrected chi connectivity index (χ2v) is 7.12. The number of hydrogen-bond acceptors (Lipinski definition) is 7. The number of para-hydroxylation sites is 1. The molecule has 1 amide bonds. The van der Waals surface area contributed by atoms with Crippen molar-refractivity contribution in [3.8, 4) is 11.5 Å². The van der Waals surface area contributed by atoms with E-state index in [0.717, 1.165) is 11.8 Å². The predicted octanol–water partition coefficient (Wildman–Crippen LogP) is 3.02. The molecule has 0 saturated carbocycles. The highest BCUT2D eigenvalue weighted by molar-refractivity contribution is 8.16. The summed E-state index contributed by atoms with van der Waals surface area (Å²) in [6, 6.07) is 14.2. The van der Waals surface area contributed by atoms with Gasteiger partial charge >= 0.3 is 5.97 Å². The summed E-state index contributed by atoms with van der Waals surface area (Å²) < 4.78 is 10.5. The zero-order valence-electron chi connectivity index (χ0n) is 15.8. The standard InChI is InChI=1S/C20H19N3O5S/c1-27-15-9-8-13(16(10-15)28-2)12-21-22-20-23(14-6-4-3-5-7-14)19(26)17(29-20)11-18(24)25/h3-10,12,17H,11H2,1-2H3,(H,24,25)/b21-12-,22-20+/t17-/m0/s1. The van der Waals surface area contributed by atoms with Gasteiger partial charge in [0.1, 0.15) is 16.7 Å². The van der Waals surface area contributed by atoms with Crippen LogP contribution < -0.4 is 14.4 Å². The third-order valence-corrected chi connectivity index (χ3v) is 5.22. The van der Waals surface area contributed by atoms with E-state index in [4.69, 9.17) is 14.6 Å². The number of ether oxygens (including phenoxy) is 2. The molecule has 2 aromatic carbocycles. The summed E-state index contributed by atoms with van der Waals surface area (Å²) in [5, 5.41) is 16.9. The molecule has 1 heterocycles.